The van der Waals surface area contributed by atoms with E-state index in [-0.39, 0.29) is 5.91 Å². The highest BCUT2D eigenvalue weighted by molar-refractivity contribution is 5.84. The van der Waals surface area contributed by atoms with Crippen LogP contribution in [0.3, 0.4) is 0 Å². The molecule has 1 aliphatic rings. The fraction of sp³-hybridized carbons (Fsp3) is 0.292. The van der Waals surface area contributed by atoms with Gasteiger partial charge in [-0.3, -0.25) is 4.79 Å². The zero-order chi connectivity index (χ0) is 19.3. The topological polar surface area (TPSA) is 45.3 Å². The van der Waals surface area contributed by atoms with E-state index in [1.165, 1.54) is 22.1 Å². The number of carbonyl (C=O) groups excluding carboxylic acids is 1. The third-order valence-corrected chi connectivity index (χ3v) is 5.52. The second-order valence-electron chi connectivity index (χ2n) is 7.26. The zero-order valence-electron chi connectivity index (χ0n) is 16.3. The maximum Gasteiger partial charge on any atom is 0.222 e. The fourth-order valence-corrected chi connectivity index (χ4v) is 3.90. The van der Waals surface area contributed by atoms with Gasteiger partial charge in [-0.1, -0.05) is 36.4 Å². The molecule has 1 amide bonds. The summed E-state index contributed by atoms with van der Waals surface area (Å²) in [7, 11) is 1.68. The number of nitrogens with zero attached hydrogens (tertiary/aromatic N) is 1. The molecule has 0 saturated heterocycles. The number of rotatable bonds is 6. The molecule has 2 heterocycles. The van der Waals surface area contributed by atoms with E-state index < -0.39 is 0 Å². The van der Waals surface area contributed by atoms with Crippen molar-refractivity contribution in [3.05, 3.63) is 71.9 Å². The Hall–Kier alpha value is -3.01. The number of aromatic amines is 1. The van der Waals surface area contributed by atoms with Crippen molar-refractivity contribution in [2.24, 2.45) is 0 Å². The highest BCUT2D eigenvalue weighted by Crippen LogP contribution is 2.25. The van der Waals surface area contributed by atoms with Gasteiger partial charge in [0.15, 0.2) is 0 Å². The number of ether oxygens (including phenoxy) is 1. The van der Waals surface area contributed by atoms with Crippen LogP contribution in [0.5, 0.6) is 5.75 Å². The average molecular weight is 374 g/mol. The summed E-state index contributed by atoms with van der Waals surface area (Å²) >= 11 is 0. The van der Waals surface area contributed by atoms with Gasteiger partial charge in [0.2, 0.25) is 5.91 Å². The van der Waals surface area contributed by atoms with Crippen LogP contribution in [0.15, 0.2) is 60.8 Å². The van der Waals surface area contributed by atoms with Crippen molar-refractivity contribution in [3.63, 3.8) is 0 Å². The number of nitrogens with one attached hydrogen (secondary N) is 1. The van der Waals surface area contributed by atoms with Gasteiger partial charge in [0.1, 0.15) is 5.75 Å². The lowest BCUT2D eigenvalue weighted by atomic mass is 9.99. The standard InChI is InChI=1S/C24H26N2O2/c1-28-21-10-11-22-20(17-25-23(22)16-21)8-5-9-24(27)26-14-12-19(13-15-26)18-6-3-2-4-7-18/h2-4,6-7,10-12,16-17,25H,5,8-9,13-15H2,1H3. The molecule has 0 atom stereocenters. The summed E-state index contributed by atoms with van der Waals surface area (Å²) in [5.74, 6) is 1.11. The first-order valence-electron chi connectivity index (χ1n) is 9.91. The van der Waals surface area contributed by atoms with E-state index in [1.807, 2.05) is 29.3 Å². The van der Waals surface area contributed by atoms with Crippen molar-refractivity contribution in [3.8, 4) is 5.75 Å². The van der Waals surface area contributed by atoms with Crippen LogP contribution in [-0.4, -0.2) is 36.0 Å². The summed E-state index contributed by atoms with van der Waals surface area (Å²) in [6.07, 6.45) is 7.53. The number of hydrogen-bond donors (Lipinski definition) is 1. The normalized spacial score (nSPS) is 14.2. The van der Waals surface area contributed by atoms with Crippen molar-refractivity contribution in [1.82, 2.24) is 9.88 Å². The Morgan fingerprint density at radius 1 is 1.18 bits per heavy atom. The van der Waals surface area contributed by atoms with Gasteiger partial charge in [0.25, 0.3) is 0 Å². The molecule has 1 aromatic heterocycles. The van der Waals surface area contributed by atoms with E-state index in [0.29, 0.717) is 6.42 Å². The summed E-state index contributed by atoms with van der Waals surface area (Å²) in [4.78, 5) is 17.9. The Morgan fingerprint density at radius 2 is 2.04 bits per heavy atom. The number of aromatic nitrogens is 1. The van der Waals surface area contributed by atoms with Crippen molar-refractivity contribution in [1.29, 1.82) is 0 Å². The fourth-order valence-electron chi connectivity index (χ4n) is 3.90. The molecule has 4 rings (SSSR count). The highest BCUT2D eigenvalue weighted by atomic mass is 16.5. The maximum atomic E-state index is 12.6. The number of amides is 1. The highest BCUT2D eigenvalue weighted by Gasteiger charge is 2.17. The monoisotopic (exact) mass is 374 g/mol. The molecular weight excluding hydrogens is 348 g/mol. The van der Waals surface area contributed by atoms with Gasteiger partial charge < -0.3 is 14.6 Å². The zero-order valence-corrected chi connectivity index (χ0v) is 16.3. The first-order chi connectivity index (χ1) is 13.7. The lowest BCUT2D eigenvalue weighted by molar-refractivity contribution is -0.130. The van der Waals surface area contributed by atoms with E-state index in [9.17, 15) is 4.79 Å². The van der Waals surface area contributed by atoms with E-state index >= 15 is 0 Å². The molecule has 0 spiro atoms. The average Bonchev–Trinajstić information content (AvgIpc) is 3.16. The minimum Gasteiger partial charge on any atom is -0.497 e. The Morgan fingerprint density at radius 3 is 2.79 bits per heavy atom. The van der Waals surface area contributed by atoms with Crippen LogP contribution >= 0.6 is 0 Å². The second-order valence-corrected chi connectivity index (χ2v) is 7.26. The molecule has 4 nitrogen and oxygen atoms in total. The second kappa shape index (κ2) is 8.34. The molecule has 28 heavy (non-hydrogen) atoms. The SMILES string of the molecule is COc1ccc2c(CCCC(=O)N3CC=C(c4ccccc4)CC3)c[nH]c2c1. The largest absolute Gasteiger partial charge is 0.497 e. The molecule has 0 bridgehead atoms. The van der Waals surface area contributed by atoms with Gasteiger partial charge in [0.05, 0.1) is 7.11 Å². The maximum absolute atomic E-state index is 12.6. The summed E-state index contributed by atoms with van der Waals surface area (Å²) in [6.45, 7) is 1.53. The van der Waals surface area contributed by atoms with E-state index in [4.69, 9.17) is 4.74 Å². The molecule has 0 unspecified atom stereocenters. The van der Waals surface area contributed by atoms with Crippen LogP contribution in [0.25, 0.3) is 16.5 Å². The molecule has 2 aromatic carbocycles. The third kappa shape index (κ3) is 3.96. The van der Waals surface area contributed by atoms with E-state index in [1.54, 1.807) is 7.11 Å². The van der Waals surface area contributed by atoms with Gasteiger partial charge in [0, 0.05) is 42.7 Å². The molecule has 0 fully saturated rings. The first kappa shape index (κ1) is 18.4. The van der Waals surface area contributed by atoms with Gasteiger partial charge in [-0.25, -0.2) is 0 Å². The smallest absolute Gasteiger partial charge is 0.222 e. The molecule has 144 valence electrons. The number of fused-ring (bicyclic) bond motifs is 1. The quantitative estimate of drug-likeness (QED) is 0.673. The van der Waals surface area contributed by atoms with Gasteiger partial charge >= 0.3 is 0 Å². The minimum absolute atomic E-state index is 0.255. The molecule has 0 aliphatic carbocycles. The van der Waals surface area contributed by atoms with Crippen LogP contribution in [0.2, 0.25) is 0 Å². The third-order valence-electron chi connectivity index (χ3n) is 5.52. The summed E-state index contributed by atoms with van der Waals surface area (Å²) < 4.78 is 5.27. The van der Waals surface area contributed by atoms with Crippen LogP contribution in [0.1, 0.15) is 30.4 Å². The summed E-state index contributed by atoms with van der Waals surface area (Å²) in [6, 6.07) is 16.5. The lowest BCUT2D eigenvalue weighted by Crippen LogP contribution is -2.34. The number of benzene rings is 2. The predicted octanol–water partition coefficient (Wildman–Crippen LogP) is 4.82. The summed E-state index contributed by atoms with van der Waals surface area (Å²) in [5, 5.41) is 1.21. The number of methoxy groups -OCH3 is 1. The molecule has 0 saturated carbocycles. The van der Waals surface area contributed by atoms with Crippen LogP contribution < -0.4 is 4.74 Å². The van der Waals surface area contributed by atoms with Gasteiger partial charge in [-0.2, -0.15) is 0 Å². The van der Waals surface area contributed by atoms with E-state index in [2.05, 4.69) is 41.4 Å². The lowest BCUT2D eigenvalue weighted by Gasteiger charge is -2.26. The Balaban J connectivity index is 1.30. The Kier molecular flexibility index (Phi) is 5.47. The van der Waals surface area contributed by atoms with Crippen molar-refractivity contribution < 1.29 is 9.53 Å². The number of aryl methyl sites for hydroxylation is 1. The van der Waals surface area contributed by atoms with Gasteiger partial charge in [-0.05, 0) is 48.1 Å². The molecule has 0 radical (unpaired) electrons. The van der Waals surface area contributed by atoms with Crippen molar-refractivity contribution in [2.45, 2.75) is 25.7 Å². The number of hydrogen-bond acceptors (Lipinski definition) is 2. The first-order valence-corrected chi connectivity index (χ1v) is 9.91. The molecule has 4 heteroatoms. The minimum atomic E-state index is 0.255. The van der Waals surface area contributed by atoms with Crippen molar-refractivity contribution >= 4 is 22.4 Å². The predicted molar refractivity (Wildman–Crippen MR) is 113 cm³/mol. The Labute approximate surface area is 165 Å². The van der Waals surface area contributed by atoms with Crippen LogP contribution in [0.4, 0.5) is 0 Å². The van der Waals surface area contributed by atoms with Crippen LogP contribution in [-0.2, 0) is 11.2 Å². The van der Waals surface area contributed by atoms with E-state index in [0.717, 1.165) is 43.6 Å². The van der Waals surface area contributed by atoms with Gasteiger partial charge in [-0.15, -0.1) is 0 Å². The summed E-state index contributed by atoms with van der Waals surface area (Å²) in [5.41, 5.74) is 4.95. The number of H-pyrrole nitrogens is 1. The number of carbonyl (C=O) groups is 1. The Bertz CT molecular complexity index is 988. The molecule has 3 aromatic rings. The molecule has 1 N–H and O–H groups in total. The molecule has 1 aliphatic heterocycles. The molecular formula is C24H26N2O2. The van der Waals surface area contributed by atoms with Crippen LogP contribution in [0, 0.1) is 0 Å². The van der Waals surface area contributed by atoms with Crippen molar-refractivity contribution in [2.75, 3.05) is 20.2 Å².